The first kappa shape index (κ1) is 13.9. The van der Waals surface area contributed by atoms with Gasteiger partial charge in [-0.3, -0.25) is 4.79 Å². The fraction of sp³-hybridized carbons (Fsp3) is 0.333. The fourth-order valence-corrected chi connectivity index (χ4v) is 1.84. The number of anilines is 1. The van der Waals surface area contributed by atoms with Gasteiger partial charge < -0.3 is 10.3 Å². The zero-order valence-electron chi connectivity index (χ0n) is 11.7. The smallest absolute Gasteiger partial charge is 0.273 e. The number of aromatic nitrogens is 4. The van der Waals surface area contributed by atoms with Gasteiger partial charge in [0.1, 0.15) is 12.1 Å². The van der Waals surface area contributed by atoms with Crippen LogP contribution in [0.5, 0.6) is 0 Å². The molecule has 2 heterocycles. The first-order valence-electron chi connectivity index (χ1n) is 6.16. The molecule has 0 unspecified atom stereocenters. The second-order valence-electron chi connectivity index (χ2n) is 4.37. The number of carbonyl (C=O) groups is 1. The van der Waals surface area contributed by atoms with Crippen LogP contribution in [0.4, 0.5) is 5.82 Å². The molecule has 0 atom stereocenters. The maximum atomic E-state index is 11.9. The molecule has 0 bridgehead atoms. The molecule has 2 aromatic heterocycles. The Morgan fingerprint density at radius 2 is 2.20 bits per heavy atom. The highest BCUT2D eigenvalue weighted by Crippen LogP contribution is 2.18. The highest BCUT2D eigenvalue weighted by atomic mass is 16.2. The van der Waals surface area contributed by atoms with Crippen LogP contribution in [0.2, 0.25) is 0 Å². The number of hydrogen-bond donors (Lipinski definition) is 2. The molecular formula is C12H17N7O. The molecule has 1 amide bonds. The van der Waals surface area contributed by atoms with E-state index in [0.717, 1.165) is 5.56 Å². The first-order valence-corrected chi connectivity index (χ1v) is 6.16. The number of nitrogens with two attached hydrogens (primary N) is 1. The Morgan fingerprint density at radius 1 is 1.45 bits per heavy atom. The average molecular weight is 275 g/mol. The SMILES string of the molecule is CCc1c(NN)ncnc1-n1ccc(C(=O)N(C)C)n1. The number of carbonyl (C=O) groups excluding carboxylic acids is 1. The second-order valence-corrected chi connectivity index (χ2v) is 4.37. The lowest BCUT2D eigenvalue weighted by molar-refractivity contribution is 0.0821. The van der Waals surface area contributed by atoms with E-state index in [1.165, 1.54) is 11.2 Å². The third kappa shape index (κ3) is 2.45. The van der Waals surface area contributed by atoms with Crippen molar-refractivity contribution in [1.29, 1.82) is 0 Å². The van der Waals surface area contributed by atoms with Crippen molar-refractivity contribution in [2.45, 2.75) is 13.3 Å². The predicted octanol–water partition coefficient (Wildman–Crippen LogP) is 0.212. The largest absolute Gasteiger partial charge is 0.343 e. The monoisotopic (exact) mass is 275 g/mol. The van der Waals surface area contributed by atoms with Gasteiger partial charge in [0.15, 0.2) is 11.5 Å². The van der Waals surface area contributed by atoms with Gasteiger partial charge in [-0.25, -0.2) is 20.5 Å². The Hall–Kier alpha value is -2.48. The fourth-order valence-electron chi connectivity index (χ4n) is 1.84. The molecular weight excluding hydrogens is 258 g/mol. The number of amides is 1. The molecule has 0 aliphatic heterocycles. The number of hydrogen-bond acceptors (Lipinski definition) is 6. The molecule has 0 saturated heterocycles. The van der Waals surface area contributed by atoms with Crippen LogP contribution < -0.4 is 11.3 Å². The molecule has 0 aromatic carbocycles. The third-order valence-electron chi connectivity index (χ3n) is 2.84. The van der Waals surface area contributed by atoms with Crippen molar-refractivity contribution in [3.8, 4) is 5.82 Å². The average Bonchev–Trinajstić information content (AvgIpc) is 2.94. The first-order chi connectivity index (χ1) is 9.58. The number of nitrogens with zero attached hydrogens (tertiary/aromatic N) is 5. The normalized spacial score (nSPS) is 10.4. The summed E-state index contributed by atoms with van der Waals surface area (Å²) < 4.78 is 1.55. The summed E-state index contributed by atoms with van der Waals surface area (Å²) in [6.07, 6.45) is 3.78. The zero-order valence-corrected chi connectivity index (χ0v) is 11.7. The van der Waals surface area contributed by atoms with Crippen LogP contribution >= 0.6 is 0 Å². The van der Waals surface area contributed by atoms with Crippen LogP contribution in [0.15, 0.2) is 18.6 Å². The summed E-state index contributed by atoms with van der Waals surface area (Å²) in [5, 5.41) is 4.25. The molecule has 8 nitrogen and oxygen atoms in total. The van der Waals surface area contributed by atoms with Crippen LogP contribution in [0, 0.1) is 0 Å². The van der Waals surface area contributed by atoms with Gasteiger partial charge in [0.25, 0.3) is 5.91 Å². The van der Waals surface area contributed by atoms with Crippen LogP contribution in [-0.2, 0) is 6.42 Å². The van der Waals surface area contributed by atoms with Gasteiger partial charge in [0.05, 0.1) is 0 Å². The van der Waals surface area contributed by atoms with Crippen molar-refractivity contribution in [2.24, 2.45) is 5.84 Å². The van der Waals surface area contributed by atoms with E-state index in [-0.39, 0.29) is 5.91 Å². The molecule has 8 heteroatoms. The van der Waals surface area contributed by atoms with Crippen LogP contribution in [0.1, 0.15) is 23.0 Å². The number of nitrogen functional groups attached to an aromatic ring is 1. The number of rotatable bonds is 4. The van der Waals surface area contributed by atoms with Gasteiger partial charge in [0.2, 0.25) is 0 Å². The summed E-state index contributed by atoms with van der Waals surface area (Å²) in [6, 6.07) is 1.65. The Balaban J connectivity index is 2.45. The Labute approximate surface area is 116 Å². The van der Waals surface area contributed by atoms with Gasteiger partial charge in [0, 0.05) is 25.9 Å². The molecule has 0 fully saturated rings. The molecule has 20 heavy (non-hydrogen) atoms. The maximum Gasteiger partial charge on any atom is 0.273 e. The van der Waals surface area contributed by atoms with Crippen LogP contribution in [0.3, 0.4) is 0 Å². The minimum atomic E-state index is -0.159. The predicted molar refractivity (Wildman–Crippen MR) is 74.4 cm³/mol. The van der Waals surface area contributed by atoms with E-state index in [4.69, 9.17) is 5.84 Å². The lowest BCUT2D eigenvalue weighted by atomic mass is 10.2. The maximum absolute atomic E-state index is 11.9. The van der Waals surface area contributed by atoms with E-state index in [0.29, 0.717) is 23.8 Å². The Kier molecular flexibility index (Phi) is 3.94. The van der Waals surface area contributed by atoms with Crippen molar-refractivity contribution in [3.05, 3.63) is 29.8 Å². The summed E-state index contributed by atoms with van der Waals surface area (Å²) >= 11 is 0. The molecule has 0 saturated carbocycles. The van der Waals surface area contributed by atoms with Crippen LogP contribution in [-0.4, -0.2) is 44.7 Å². The van der Waals surface area contributed by atoms with E-state index in [1.807, 2.05) is 6.92 Å². The lowest BCUT2D eigenvalue weighted by Crippen LogP contribution is -2.22. The van der Waals surface area contributed by atoms with Crippen molar-refractivity contribution in [2.75, 3.05) is 19.5 Å². The minimum Gasteiger partial charge on any atom is -0.343 e. The van der Waals surface area contributed by atoms with Crippen LogP contribution in [0.25, 0.3) is 5.82 Å². The number of hydrazine groups is 1. The highest BCUT2D eigenvalue weighted by Gasteiger charge is 2.15. The summed E-state index contributed by atoms with van der Waals surface area (Å²) in [7, 11) is 3.36. The molecule has 2 rings (SSSR count). The van der Waals surface area contributed by atoms with E-state index in [9.17, 15) is 4.79 Å². The van der Waals surface area contributed by atoms with Crippen molar-refractivity contribution >= 4 is 11.7 Å². The lowest BCUT2D eigenvalue weighted by Gasteiger charge is -2.10. The second kappa shape index (κ2) is 5.66. The summed E-state index contributed by atoms with van der Waals surface area (Å²) in [5.41, 5.74) is 3.73. The van der Waals surface area contributed by atoms with E-state index in [2.05, 4.69) is 20.5 Å². The molecule has 2 aromatic rings. The molecule has 106 valence electrons. The Bertz CT molecular complexity index is 620. The van der Waals surface area contributed by atoms with Crippen molar-refractivity contribution < 1.29 is 4.79 Å². The molecule has 0 aliphatic rings. The molecule has 0 spiro atoms. The van der Waals surface area contributed by atoms with E-state index >= 15 is 0 Å². The van der Waals surface area contributed by atoms with E-state index < -0.39 is 0 Å². The van der Waals surface area contributed by atoms with Gasteiger partial charge in [-0.2, -0.15) is 5.10 Å². The zero-order chi connectivity index (χ0) is 14.7. The minimum absolute atomic E-state index is 0.159. The molecule has 0 aliphatic carbocycles. The van der Waals surface area contributed by atoms with Gasteiger partial charge in [-0.15, -0.1) is 0 Å². The van der Waals surface area contributed by atoms with Crippen molar-refractivity contribution in [3.63, 3.8) is 0 Å². The van der Waals surface area contributed by atoms with Gasteiger partial charge in [-0.1, -0.05) is 6.92 Å². The quantitative estimate of drug-likeness (QED) is 0.611. The van der Waals surface area contributed by atoms with Crippen molar-refractivity contribution in [1.82, 2.24) is 24.6 Å². The standard InChI is InChI=1S/C12H17N7O/c1-4-8-10(16-13)14-7-15-11(8)19-6-5-9(17-19)12(20)18(2)3/h5-7H,4,13H2,1-3H3,(H,14,15,16). The molecule has 0 radical (unpaired) electrons. The summed E-state index contributed by atoms with van der Waals surface area (Å²) in [6.45, 7) is 1.97. The topological polar surface area (TPSA) is 102 Å². The summed E-state index contributed by atoms with van der Waals surface area (Å²) in [4.78, 5) is 21.6. The highest BCUT2D eigenvalue weighted by molar-refractivity contribution is 5.91. The molecule has 3 N–H and O–H groups in total. The Morgan fingerprint density at radius 3 is 2.80 bits per heavy atom. The van der Waals surface area contributed by atoms with Gasteiger partial charge >= 0.3 is 0 Å². The third-order valence-corrected chi connectivity index (χ3v) is 2.84. The van der Waals surface area contributed by atoms with E-state index in [1.54, 1.807) is 31.0 Å². The summed E-state index contributed by atoms with van der Waals surface area (Å²) in [5.74, 6) is 6.43. The van der Waals surface area contributed by atoms with Gasteiger partial charge in [-0.05, 0) is 12.5 Å². The number of nitrogens with one attached hydrogen (secondary N) is 1.